The molecule has 0 saturated carbocycles. The lowest BCUT2D eigenvalue weighted by Gasteiger charge is -2.32. The number of likely N-dealkylation sites (tertiary alicyclic amines) is 1. The second-order valence-electron chi connectivity index (χ2n) is 12.0. The maximum atomic E-state index is 14.7. The van der Waals surface area contributed by atoms with Crippen molar-refractivity contribution in [1.82, 2.24) is 14.8 Å². The second kappa shape index (κ2) is 13.4. The summed E-state index contributed by atoms with van der Waals surface area (Å²) in [6.07, 6.45) is 2.72. The molecular weight excluding hydrogens is 623 g/mol. The van der Waals surface area contributed by atoms with Gasteiger partial charge in [0.05, 0.1) is 23.3 Å². The van der Waals surface area contributed by atoms with Crippen molar-refractivity contribution in [1.29, 1.82) is 0 Å². The fourth-order valence-electron chi connectivity index (χ4n) is 5.76. The standard InChI is InChI=1S/C34H39FN6O5S/c1-20(2)47(44,45)30-13-10-24(39-34(43)40(3)4)19-26(30)28-7-6-16-41(28)33(42)31(22-8-12-27(35)29(18-22)46-5)38-23-9-11-25-21(17-23)14-15-37-32(25)36/h8-15,17-20,28,31,38H,6-7,16H2,1-5H3,(H2,36,37)(H,39,43). The zero-order valence-corrected chi connectivity index (χ0v) is 27.8. The number of sulfone groups is 1. The van der Waals surface area contributed by atoms with E-state index in [1.807, 2.05) is 18.2 Å². The van der Waals surface area contributed by atoms with Gasteiger partial charge in [-0.1, -0.05) is 6.07 Å². The number of methoxy groups -OCH3 is 1. The van der Waals surface area contributed by atoms with E-state index in [1.54, 1.807) is 57.2 Å². The molecule has 0 spiro atoms. The van der Waals surface area contributed by atoms with Crippen LogP contribution >= 0.6 is 0 Å². The SMILES string of the molecule is COc1cc(C(Nc2ccc3c(N)nccc3c2)C(=O)N2CCCC2c2cc(NC(=O)N(C)C)ccc2S(=O)(=O)C(C)C)ccc1F. The maximum absolute atomic E-state index is 14.7. The Morgan fingerprint density at radius 1 is 1.06 bits per heavy atom. The van der Waals surface area contributed by atoms with Crippen LogP contribution in [-0.4, -0.2) is 68.1 Å². The predicted molar refractivity (Wildman–Crippen MR) is 181 cm³/mol. The Labute approximate surface area is 273 Å². The number of amides is 3. The number of nitrogen functional groups attached to an aromatic ring is 1. The van der Waals surface area contributed by atoms with E-state index >= 15 is 0 Å². The van der Waals surface area contributed by atoms with Crippen molar-refractivity contribution in [2.24, 2.45) is 0 Å². The van der Waals surface area contributed by atoms with Gasteiger partial charge in [0.1, 0.15) is 11.9 Å². The Kier molecular flexibility index (Phi) is 9.57. The van der Waals surface area contributed by atoms with Crippen molar-refractivity contribution in [3.8, 4) is 5.75 Å². The number of fused-ring (bicyclic) bond motifs is 1. The summed E-state index contributed by atoms with van der Waals surface area (Å²) < 4.78 is 46.9. The fourth-order valence-corrected chi connectivity index (χ4v) is 7.05. The Bertz CT molecular complexity index is 1930. The number of halogens is 1. The average molecular weight is 663 g/mol. The minimum atomic E-state index is -3.76. The fraction of sp³-hybridized carbons (Fsp3) is 0.324. The molecule has 3 aromatic carbocycles. The molecule has 1 aliphatic rings. The number of urea groups is 1. The van der Waals surface area contributed by atoms with Gasteiger partial charge in [0.2, 0.25) is 5.91 Å². The summed E-state index contributed by atoms with van der Waals surface area (Å²) in [5, 5.41) is 6.96. The number of hydrogen-bond acceptors (Lipinski definition) is 8. The number of benzene rings is 3. The summed E-state index contributed by atoms with van der Waals surface area (Å²) in [5.74, 6) is -0.561. The molecule has 0 bridgehead atoms. The molecule has 2 atom stereocenters. The summed E-state index contributed by atoms with van der Waals surface area (Å²) in [5.41, 5.74) is 7.94. The first kappa shape index (κ1) is 33.5. The molecule has 1 aliphatic heterocycles. The number of nitrogens with two attached hydrogens (primary N) is 1. The van der Waals surface area contributed by atoms with Crippen LogP contribution in [0.2, 0.25) is 0 Å². The van der Waals surface area contributed by atoms with Crippen molar-refractivity contribution >= 4 is 49.7 Å². The van der Waals surface area contributed by atoms with Crippen LogP contribution in [-0.2, 0) is 14.6 Å². The number of rotatable bonds is 9. The summed E-state index contributed by atoms with van der Waals surface area (Å²) >= 11 is 0. The topological polar surface area (TPSA) is 147 Å². The van der Waals surface area contributed by atoms with E-state index in [-0.39, 0.29) is 22.6 Å². The van der Waals surface area contributed by atoms with E-state index in [1.165, 1.54) is 36.3 Å². The van der Waals surface area contributed by atoms with Crippen molar-refractivity contribution in [3.63, 3.8) is 0 Å². The number of nitrogens with one attached hydrogen (secondary N) is 2. The number of pyridine rings is 1. The first-order valence-corrected chi connectivity index (χ1v) is 16.8. The molecular formula is C34H39FN6O5S. The van der Waals surface area contributed by atoms with E-state index in [2.05, 4.69) is 15.6 Å². The van der Waals surface area contributed by atoms with Crippen molar-refractivity contribution in [2.75, 3.05) is 44.1 Å². The molecule has 3 amide bonds. The Balaban J connectivity index is 1.59. The van der Waals surface area contributed by atoms with Crippen molar-refractivity contribution < 1.29 is 27.1 Å². The summed E-state index contributed by atoms with van der Waals surface area (Å²) in [6, 6.07) is 14.2. The molecule has 1 aromatic heterocycles. The van der Waals surface area contributed by atoms with E-state index < -0.39 is 33.0 Å². The molecule has 13 heteroatoms. The largest absolute Gasteiger partial charge is 0.494 e. The highest BCUT2D eigenvalue weighted by molar-refractivity contribution is 7.92. The van der Waals surface area contributed by atoms with Gasteiger partial charge in [-0.05, 0) is 97.8 Å². The number of hydrogen-bond donors (Lipinski definition) is 3. The van der Waals surface area contributed by atoms with Crippen LogP contribution in [0.5, 0.6) is 5.75 Å². The quantitative estimate of drug-likeness (QED) is 0.205. The third-order valence-corrected chi connectivity index (χ3v) is 10.6. The lowest BCUT2D eigenvalue weighted by molar-refractivity contribution is -0.133. The van der Waals surface area contributed by atoms with Crippen LogP contribution in [0.15, 0.2) is 71.8 Å². The Hall–Kier alpha value is -4.91. The smallest absolute Gasteiger partial charge is 0.321 e. The van der Waals surface area contributed by atoms with Crippen LogP contribution < -0.4 is 21.1 Å². The highest BCUT2D eigenvalue weighted by Crippen LogP contribution is 2.40. The number of aromatic nitrogens is 1. The van der Waals surface area contributed by atoms with Crippen LogP contribution in [0, 0.1) is 5.82 Å². The number of anilines is 3. The normalized spacial score (nSPS) is 15.5. The molecule has 2 unspecified atom stereocenters. The third kappa shape index (κ3) is 6.80. The lowest BCUT2D eigenvalue weighted by atomic mass is 10.0. The highest BCUT2D eigenvalue weighted by Gasteiger charge is 2.38. The van der Waals surface area contributed by atoms with Crippen LogP contribution in [0.1, 0.15) is 49.9 Å². The van der Waals surface area contributed by atoms with Gasteiger partial charge < -0.3 is 30.9 Å². The lowest BCUT2D eigenvalue weighted by Crippen LogP contribution is -2.38. The summed E-state index contributed by atoms with van der Waals surface area (Å²) in [4.78, 5) is 34.4. The highest BCUT2D eigenvalue weighted by atomic mass is 32.2. The maximum Gasteiger partial charge on any atom is 0.321 e. The van der Waals surface area contributed by atoms with E-state index in [9.17, 15) is 22.4 Å². The van der Waals surface area contributed by atoms with Gasteiger partial charge in [-0.2, -0.15) is 0 Å². The molecule has 5 rings (SSSR count). The first-order chi connectivity index (χ1) is 22.3. The van der Waals surface area contributed by atoms with E-state index in [0.29, 0.717) is 47.7 Å². The van der Waals surface area contributed by atoms with Gasteiger partial charge in [0.25, 0.3) is 0 Å². The van der Waals surface area contributed by atoms with Gasteiger partial charge in [0.15, 0.2) is 21.4 Å². The van der Waals surface area contributed by atoms with Crippen LogP contribution in [0.3, 0.4) is 0 Å². The molecule has 0 radical (unpaired) electrons. The molecule has 248 valence electrons. The average Bonchev–Trinajstić information content (AvgIpc) is 3.53. The zero-order valence-electron chi connectivity index (χ0n) is 27.0. The van der Waals surface area contributed by atoms with Gasteiger partial charge in [-0.25, -0.2) is 22.6 Å². The van der Waals surface area contributed by atoms with Crippen molar-refractivity contribution in [2.45, 2.75) is 48.9 Å². The Morgan fingerprint density at radius 2 is 1.81 bits per heavy atom. The van der Waals surface area contributed by atoms with Crippen LogP contribution in [0.4, 0.5) is 26.4 Å². The van der Waals surface area contributed by atoms with Gasteiger partial charge >= 0.3 is 6.03 Å². The van der Waals surface area contributed by atoms with Crippen LogP contribution in [0.25, 0.3) is 10.8 Å². The molecule has 11 nitrogen and oxygen atoms in total. The zero-order chi connectivity index (χ0) is 34.0. The molecule has 2 heterocycles. The van der Waals surface area contributed by atoms with Gasteiger partial charge in [0, 0.05) is 43.6 Å². The molecule has 1 saturated heterocycles. The van der Waals surface area contributed by atoms with E-state index in [0.717, 1.165) is 10.8 Å². The molecule has 4 aromatic rings. The second-order valence-corrected chi connectivity index (χ2v) is 14.4. The molecule has 47 heavy (non-hydrogen) atoms. The monoisotopic (exact) mass is 662 g/mol. The number of nitrogens with zero attached hydrogens (tertiary/aromatic N) is 3. The first-order valence-electron chi connectivity index (χ1n) is 15.2. The number of carbonyl (C=O) groups is 2. The number of ether oxygens (including phenoxy) is 1. The minimum absolute atomic E-state index is 0.0212. The predicted octanol–water partition coefficient (Wildman–Crippen LogP) is 5.76. The number of carbonyl (C=O) groups excluding carboxylic acids is 2. The molecule has 1 fully saturated rings. The van der Waals surface area contributed by atoms with Gasteiger partial charge in [-0.3, -0.25) is 4.79 Å². The van der Waals surface area contributed by atoms with Crippen molar-refractivity contribution in [3.05, 3.63) is 83.8 Å². The Morgan fingerprint density at radius 3 is 2.51 bits per heavy atom. The van der Waals surface area contributed by atoms with Gasteiger partial charge in [-0.15, -0.1) is 0 Å². The summed E-state index contributed by atoms with van der Waals surface area (Å²) in [6.45, 7) is 3.57. The van der Waals surface area contributed by atoms with E-state index in [4.69, 9.17) is 10.5 Å². The minimum Gasteiger partial charge on any atom is -0.494 e. The third-order valence-electron chi connectivity index (χ3n) is 8.35. The molecule has 4 N–H and O–H groups in total. The summed E-state index contributed by atoms with van der Waals surface area (Å²) in [7, 11) is 0.788. The molecule has 0 aliphatic carbocycles.